The lowest BCUT2D eigenvalue weighted by Gasteiger charge is -2.35. The Hall–Kier alpha value is -0.920. The second-order valence-corrected chi connectivity index (χ2v) is 4.62. The summed E-state index contributed by atoms with van der Waals surface area (Å²) in [5.74, 6) is 1.68. The highest BCUT2D eigenvalue weighted by molar-refractivity contribution is 5.24. The van der Waals surface area contributed by atoms with Crippen LogP contribution in [0, 0.1) is 5.92 Å². The molecule has 2 atom stereocenters. The topological polar surface area (TPSA) is 25.8 Å². The molecule has 1 saturated carbocycles. The van der Waals surface area contributed by atoms with Crippen LogP contribution in [0.3, 0.4) is 0 Å². The minimum Gasteiger partial charge on any atom is -0.245 e. The molecule has 0 bridgehead atoms. The summed E-state index contributed by atoms with van der Waals surface area (Å²) in [7, 11) is 0. The van der Waals surface area contributed by atoms with Crippen LogP contribution < -0.4 is 0 Å². The Morgan fingerprint density at radius 2 is 2.07 bits per heavy atom. The highest BCUT2D eigenvalue weighted by Crippen LogP contribution is 2.43. The molecule has 1 aromatic rings. The lowest BCUT2D eigenvalue weighted by Crippen LogP contribution is -2.25. The maximum Gasteiger partial charge on any atom is 0.115 e. The number of hydrogen-bond acceptors (Lipinski definition) is 2. The molecule has 2 aliphatic rings. The molecule has 0 radical (unpaired) electrons. The molecule has 2 heteroatoms. The molecule has 0 aromatic carbocycles. The van der Waals surface area contributed by atoms with Gasteiger partial charge >= 0.3 is 0 Å². The molecule has 0 amide bonds. The van der Waals surface area contributed by atoms with Crippen molar-refractivity contribution in [3.8, 4) is 0 Å². The van der Waals surface area contributed by atoms with Gasteiger partial charge in [0.15, 0.2) is 0 Å². The maximum atomic E-state index is 4.49. The Morgan fingerprint density at radius 1 is 1.14 bits per heavy atom. The van der Waals surface area contributed by atoms with Crippen molar-refractivity contribution in [3.05, 3.63) is 23.8 Å². The van der Waals surface area contributed by atoms with Crippen molar-refractivity contribution in [1.82, 2.24) is 9.97 Å². The van der Waals surface area contributed by atoms with Gasteiger partial charge in [0, 0.05) is 12.1 Å². The van der Waals surface area contributed by atoms with Gasteiger partial charge in [0.1, 0.15) is 6.33 Å². The normalized spacial score (nSPS) is 30.6. The van der Waals surface area contributed by atoms with Gasteiger partial charge in [0.05, 0.1) is 5.69 Å². The van der Waals surface area contributed by atoms with E-state index in [9.17, 15) is 0 Å². The summed E-state index contributed by atoms with van der Waals surface area (Å²) in [5.41, 5.74) is 2.78. The molecule has 74 valence electrons. The molecular weight excluding hydrogens is 172 g/mol. The third-order valence-corrected chi connectivity index (χ3v) is 3.87. The van der Waals surface area contributed by atoms with Crippen molar-refractivity contribution in [2.45, 2.75) is 44.4 Å². The Kier molecular flexibility index (Phi) is 2.00. The van der Waals surface area contributed by atoms with Gasteiger partial charge in [-0.05, 0) is 37.2 Å². The summed E-state index contributed by atoms with van der Waals surface area (Å²) in [6.07, 6.45) is 11.9. The zero-order valence-corrected chi connectivity index (χ0v) is 8.45. The van der Waals surface area contributed by atoms with Gasteiger partial charge < -0.3 is 0 Å². The minimum atomic E-state index is 0.760. The van der Waals surface area contributed by atoms with Gasteiger partial charge in [-0.15, -0.1) is 0 Å². The fourth-order valence-corrected chi connectivity index (χ4v) is 3.15. The molecule has 0 aliphatic heterocycles. The van der Waals surface area contributed by atoms with Crippen LogP contribution in [0.2, 0.25) is 0 Å². The average molecular weight is 188 g/mol. The van der Waals surface area contributed by atoms with Crippen molar-refractivity contribution in [1.29, 1.82) is 0 Å². The van der Waals surface area contributed by atoms with E-state index in [1.54, 1.807) is 6.33 Å². The molecule has 2 aliphatic carbocycles. The summed E-state index contributed by atoms with van der Waals surface area (Å²) in [5, 5.41) is 0. The average Bonchev–Trinajstić information content (AvgIpc) is 2.29. The second kappa shape index (κ2) is 3.34. The van der Waals surface area contributed by atoms with E-state index < -0.39 is 0 Å². The molecule has 0 N–H and O–H groups in total. The Bertz CT molecular complexity index is 335. The molecule has 2 unspecified atom stereocenters. The number of nitrogens with zero attached hydrogens (tertiary/aromatic N) is 2. The summed E-state index contributed by atoms with van der Waals surface area (Å²) in [6.45, 7) is 0. The smallest absolute Gasteiger partial charge is 0.115 e. The van der Waals surface area contributed by atoms with E-state index in [-0.39, 0.29) is 0 Å². The monoisotopic (exact) mass is 188 g/mol. The summed E-state index contributed by atoms with van der Waals surface area (Å²) in [4.78, 5) is 8.62. The van der Waals surface area contributed by atoms with E-state index in [0.29, 0.717) is 0 Å². The maximum absolute atomic E-state index is 4.49. The van der Waals surface area contributed by atoms with Crippen LogP contribution in [0.15, 0.2) is 12.5 Å². The largest absolute Gasteiger partial charge is 0.245 e. The molecular formula is C12H16N2. The van der Waals surface area contributed by atoms with Crippen LogP contribution >= 0.6 is 0 Å². The molecule has 1 aromatic heterocycles. The van der Waals surface area contributed by atoms with Crippen molar-refractivity contribution < 1.29 is 0 Å². The van der Waals surface area contributed by atoms with Crippen LogP contribution in [-0.2, 0) is 6.42 Å². The first-order valence-corrected chi connectivity index (χ1v) is 5.74. The first kappa shape index (κ1) is 8.39. The third-order valence-electron chi connectivity index (χ3n) is 3.87. The summed E-state index contributed by atoms with van der Waals surface area (Å²) in [6, 6.07) is 0. The molecule has 0 saturated heterocycles. The number of aromatic nitrogens is 2. The number of aryl methyl sites for hydroxylation is 1. The van der Waals surface area contributed by atoms with E-state index >= 15 is 0 Å². The lowest BCUT2D eigenvalue weighted by atomic mass is 9.70. The van der Waals surface area contributed by atoms with Gasteiger partial charge in [0.25, 0.3) is 0 Å². The first-order chi connectivity index (χ1) is 6.95. The number of rotatable bonds is 0. The molecule has 1 heterocycles. The minimum absolute atomic E-state index is 0.760. The molecule has 3 rings (SSSR count). The predicted molar refractivity (Wildman–Crippen MR) is 55.1 cm³/mol. The molecule has 0 spiro atoms. The van der Waals surface area contributed by atoms with Crippen molar-refractivity contribution in [2.75, 3.05) is 0 Å². The Morgan fingerprint density at radius 3 is 3.07 bits per heavy atom. The van der Waals surface area contributed by atoms with E-state index in [2.05, 4.69) is 9.97 Å². The van der Waals surface area contributed by atoms with E-state index in [4.69, 9.17) is 0 Å². The summed E-state index contributed by atoms with van der Waals surface area (Å²) >= 11 is 0. The van der Waals surface area contributed by atoms with Crippen LogP contribution in [0.1, 0.15) is 49.3 Å². The standard InChI is InChI=1S/C12H16N2/c1-2-4-11-9(3-1)5-6-10-7-13-8-14-12(10)11/h7-9,11H,1-6H2. The zero-order chi connectivity index (χ0) is 9.38. The molecule has 14 heavy (non-hydrogen) atoms. The van der Waals surface area contributed by atoms with Gasteiger partial charge in [-0.1, -0.05) is 12.8 Å². The van der Waals surface area contributed by atoms with Crippen molar-refractivity contribution in [3.63, 3.8) is 0 Å². The van der Waals surface area contributed by atoms with Crippen molar-refractivity contribution >= 4 is 0 Å². The van der Waals surface area contributed by atoms with Gasteiger partial charge in [-0.2, -0.15) is 0 Å². The van der Waals surface area contributed by atoms with Gasteiger partial charge in [0.2, 0.25) is 0 Å². The lowest BCUT2D eigenvalue weighted by molar-refractivity contribution is 0.270. The first-order valence-electron chi connectivity index (χ1n) is 5.74. The van der Waals surface area contributed by atoms with Crippen LogP contribution in [0.4, 0.5) is 0 Å². The van der Waals surface area contributed by atoms with Crippen molar-refractivity contribution in [2.24, 2.45) is 5.92 Å². The quantitative estimate of drug-likeness (QED) is 0.625. The van der Waals surface area contributed by atoms with Crippen LogP contribution in [0.25, 0.3) is 0 Å². The van der Waals surface area contributed by atoms with Crippen LogP contribution in [0.5, 0.6) is 0 Å². The van der Waals surface area contributed by atoms with E-state index in [1.807, 2.05) is 6.20 Å². The third kappa shape index (κ3) is 1.24. The SMILES string of the molecule is c1ncc2c(n1)C1CCCCC1CC2. The van der Waals surface area contributed by atoms with E-state index in [1.165, 1.54) is 49.8 Å². The number of hydrogen-bond donors (Lipinski definition) is 0. The van der Waals surface area contributed by atoms with E-state index in [0.717, 1.165) is 11.8 Å². The Balaban J connectivity index is 1.99. The Labute approximate surface area is 84.8 Å². The van der Waals surface area contributed by atoms with Crippen LogP contribution in [-0.4, -0.2) is 9.97 Å². The van der Waals surface area contributed by atoms with Gasteiger partial charge in [-0.3, -0.25) is 0 Å². The highest BCUT2D eigenvalue weighted by Gasteiger charge is 2.32. The summed E-state index contributed by atoms with van der Waals surface area (Å²) < 4.78 is 0. The highest BCUT2D eigenvalue weighted by atomic mass is 14.8. The predicted octanol–water partition coefficient (Wildman–Crippen LogP) is 2.70. The second-order valence-electron chi connectivity index (χ2n) is 4.62. The molecule has 1 fully saturated rings. The molecule has 2 nitrogen and oxygen atoms in total. The zero-order valence-electron chi connectivity index (χ0n) is 8.45. The number of fused-ring (bicyclic) bond motifs is 3. The fourth-order valence-electron chi connectivity index (χ4n) is 3.15. The van der Waals surface area contributed by atoms with Gasteiger partial charge in [-0.25, -0.2) is 9.97 Å². The fraction of sp³-hybridized carbons (Fsp3) is 0.667.